The molecular formula is C17H26F2N4O2S2. The van der Waals surface area contributed by atoms with E-state index in [0.29, 0.717) is 32.1 Å². The molecule has 0 aliphatic carbocycles. The van der Waals surface area contributed by atoms with Crippen LogP contribution in [0.4, 0.5) is 8.78 Å². The third-order valence-corrected chi connectivity index (χ3v) is 6.81. The zero-order valence-corrected chi connectivity index (χ0v) is 17.0. The number of nitrogens with zero attached hydrogens (tertiary/aromatic N) is 2. The Morgan fingerprint density at radius 3 is 2.70 bits per heavy atom. The molecule has 152 valence electrons. The molecule has 0 aromatic heterocycles. The molecule has 2 rings (SSSR count). The Kier molecular flexibility index (Phi) is 8.78. The van der Waals surface area contributed by atoms with Gasteiger partial charge in [0.05, 0.1) is 12.3 Å². The second-order valence-corrected chi connectivity index (χ2v) is 9.31. The van der Waals surface area contributed by atoms with Gasteiger partial charge in [0, 0.05) is 37.7 Å². The number of rotatable bonds is 8. The van der Waals surface area contributed by atoms with Crippen LogP contribution in [0.2, 0.25) is 0 Å². The first-order valence-electron chi connectivity index (χ1n) is 8.94. The van der Waals surface area contributed by atoms with E-state index in [1.54, 1.807) is 11.8 Å². The Labute approximate surface area is 163 Å². The summed E-state index contributed by atoms with van der Waals surface area (Å²) in [6.45, 7) is 4.09. The van der Waals surface area contributed by atoms with Crippen LogP contribution >= 0.6 is 11.8 Å². The van der Waals surface area contributed by atoms with Gasteiger partial charge < -0.3 is 10.6 Å². The van der Waals surface area contributed by atoms with Crippen LogP contribution in [0.25, 0.3) is 0 Å². The fourth-order valence-electron chi connectivity index (χ4n) is 2.62. The molecule has 10 heteroatoms. The Bertz CT molecular complexity index is 738. The molecule has 0 radical (unpaired) electrons. The van der Waals surface area contributed by atoms with E-state index in [-0.39, 0.29) is 24.3 Å². The molecule has 1 aromatic rings. The highest BCUT2D eigenvalue weighted by Crippen LogP contribution is 2.13. The summed E-state index contributed by atoms with van der Waals surface area (Å²) in [5.74, 6) is 1.12. The van der Waals surface area contributed by atoms with Crippen LogP contribution in [-0.2, 0) is 16.4 Å². The molecule has 1 saturated heterocycles. The maximum Gasteiger partial charge on any atom is 0.215 e. The van der Waals surface area contributed by atoms with E-state index in [2.05, 4.69) is 15.6 Å². The number of benzene rings is 1. The molecule has 0 atom stereocenters. The summed E-state index contributed by atoms with van der Waals surface area (Å²) in [4.78, 5) is 4.28. The number of guanidine groups is 1. The average Bonchev–Trinajstić information content (AvgIpc) is 2.65. The molecule has 1 aliphatic rings. The van der Waals surface area contributed by atoms with Gasteiger partial charge in [0.2, 0.25) is 10.0 Å². The number of hydrogen-bond acceptors (Lipinski definition) is 4. The number of thioether (sulfide) groups is 1. The van der Waals surface area contributed by atoms with Crippen LogP contribution in [0, 0.1) is 11.6 Å². The first-order valence-corrected chi connectivity index (χ1v) is 11.7. The van der Waals surface area contributed by atoms with Crippen LogP contribution < -0.4 is 10.6 Å². The minimum atomic E-state index is -3.30. The molecule has 0 bridgehead atoms. The van der Waals surface area contributed by atoms with Crippen molar-refractivity contribution >= 4 is 27.7 Å². The van der Waals surface area contributed by atoms with E-state index in [9.17, 15) is 17.2 Å². The lowest BCUT2D eigenvalue weighted by atomic mass is 10.1. The zero-order valence-electron chi connectivity index (χ0n) is 15.4. The average molecular weight is 421 g/mol. The van der Waals surface area contributed by atoms with Crippen LogP contribution in [0.3, 0.4) is 0 Å². The van der Waals surface area contributed by atoms with Gasteiger partial charge in [-0.15, -0.1) is 0 Å². The summed E-state index contributed by atoms with van der Waals surface area (Å²) < 4.78 is 53.0. The van der Waals surface area contributed by atoms with Crippen molar-refractivity contribution in [3.05, 3.63) is 35.4 Å². The molecule has 0 unspecified atom stereocenters. The quantitative estimate of drug-likeness (QED) is 0.492. The molecule has 0 spiro atoms. The van der Waals surface area contributed by atoms with E-state index in [0.717, 1.165) is 23.6 Å². The number of sulfonamides is 1. The highest BCUT2D eigenvalue weighted by Gasteiger charge is 2.23. The van der Waals surface area contributed by atoms with Crippen molar-refractivity contribution < 1.29 is 17.2 Å². The number of aliphatic imine (C=N–C) groups is 1. The molecule has 1 fully saturated rings. The second kappa shape index (κ2) is 10.8. The van der Waals surface area contributed by atoms with Crippen LogP contribution in [0.5, 0.6) is 0 Å². The fraction of sp³-hybridized carbons (Fsp3) is 0.588. The van der Waals surface area contributed by atoms with Gasteiger partial charge in [-0.25, -0.2) is 21.5 Å². The fourth-order valence-corrected chi connectivity index (χ4v) is 5.07. The van der Waals surface area contributed by atoms with Crippen LogP contribution in [0.15, 0.2) is 23.2 Å². The van der Waals surface area contributed by atoms with Crippen molar-refractivity contribution in [1.29, 1.82) is 0 Å². The number of halogens is 2. The van der Waals surface area contributed by atoms with Crippen molar-refractivity contribution in [3.8, 4) is 0 Å². The first kappa shape index (κ1) is 21.9. The van der Waals surface area contributed by atoms with Crippen molar-refractivity contribution in [1.82, 2.24) is 14.9 Å². The van der Waals surface area contributed by atoms with E-state index in [4.69, 9.17) is 0 Å². The van der Waals surface area contributed by atoms with E-state index >= 15 is 0 Å². The van der Waals surface area contributed by atoms with E-state index in [1.807, 2.05) is 6.92 Å². The van der Waals surface area contributed by atoms with Gasteiger partial charge in [-0.3, -0.25) is 4.99 Å². The minimum Gasteiger partial charge on any atom is -0.357 e. The van der Waals surface area contributed by atoms with Crippen molar-refractivity contribution in [2.24, 2.45) is 4.99 Å². The lowest BCUT2D eigenvalue weighted by Crippen LogP contribution is -2.41. The number of nitrogens with one attached hydrogen (secondary N) is 2. The second-order valence-electron chi connectivity index (χ2n) is 6.00. The van der Waals surface area contributed by atoms with Gasteiger partial charge in [-0.05, 0) is 37.1 Å². The molecule has 1 aromatic carbocycles. The first-order chi connectivity index (χ1) is 12.9. The molecule has 27 heavy (non-hydrogen) atoms. The summed E-state index contributed by atoms with van der Waals surface area (Å²) in [7, 11) is -3.30. The predicted molar refractivity (Wildman–Crippen MR) is 107 cm³/mol. The standard InChI is InChI=1S/C17H26F2N4O2S2/c1-2-20-17(21-6-5-14-13-15(18)3-4-16(14)19)22-7-12-27(24,25)23-8-10-26-11-9-23/h3-4,13H,2,5-12H2,1H3,(H2,20,21,22). The topological polar surface area (TPSA) is 73.8 Å². The van der Waals surface area contributed by atoms with E-state index < -0.39 is 21.7 Å². The van der Waals surface area contributed by atoms with Crippen molar-refractivity contribution in [3.63, 3.8) is 0 Å². The summed E-state index contributed by atoms with van der Waals surface area (Å²) in [5, 5.41) is 6.04. The van der Waals surface area contributed by atoms with Gasteiger partial charge in [-0.2, -0.15) is 11.8 Å². The smallest absolute Gasteiger partial charge is 0.215 e. The minimum absolute atomic E-state index is 0.0488. The third-order valence-electron chi connectivity index (χ3n) is 4.02. The van der Waals surface area contributed by atoms with Crippen LogP contribution in [0.1, 0.15) is 12.5 Å². The Morgan fingerprint density at radius 1 is 1.26 bits per heavy atom. The van der Waals surface area contributed by atoms with Gasteiger partial charge in [0.1, 0.15) is 11.6 Å². The lowest BCUT2D eigenvalue weighted by Gasteiger charge is -2.25. The highest BCUT2D eigenvalue weighted by molar-refractivity contribution is 7.99. The third kappa shape index (κ3) is 7.27. The van der Waals surface area contributed by atoms with Gasteiger partial charge >= 0.3 is 0 Å². The predicted octanol–water partition coefficient (Wildman–Crippen LogP) is 1.44. The largest absolute Gasteiger partial charge is 0.357 e. The number of hydrogen-bond donors (Lipinski definition) is 2. The monoisotopic (exact) mass is 420 g/mol. The summed E-state index contributed by atoms with van der Waals surface area (Å²) in [5.41, 5.74) is 0.281. The Hall–Kier alpha value is -1.39. The normalized spacial score (nSPS) is 16.3. The molecule has 2 N–H and O–H groups in total. The molecule has 0 saturated carbocycles. The zero-order chi connectivity index (χ0) is 19.7. The summed E-state index contributed by atoms with van der Waals surface area (Å²) in [6.07, 6.45) is 0.289. The maximum atomic E-state index is 13.6. The van der Waals surface area contributed by atoms with E-state index in [1.165, 1.54) is 10.4 Å². The molecule has 0 amide bonds. The van der Waals surface area contributed by atoms with Crippen LogP contribution in [-0.4, -0.2) is 68.7 Å². The Morgan fingerprint density at radius 2 is 2.00 bits per heavy atom. The van der Waals surface area contributed by atoms with Crippen molar-refractivity contribution in [2.45, 2.75) is 13.3 Å². The van der Waals surface area contributed by atoms with Crippen molar-refractivity contribution in [2.75, 3.05) is 50.0 Å². The van der Waals surface area contributed by atoms with Gasteiger partial charge in [0.25, 0.3) is 0 Å². The highest BCUT2D eigenvalue weighted by atomic mass is 32.2. The van der Waals surface area contributed by atoms with Gasteiger partial charge in [-0.1, -0.05) is 0 Å². The molecule has 6 nitrogen and oxygen atoms in total. The molecule has 1 heterocycles. The lowest BCUT2D eigenvalue weighted by molar-refractivity contribution is 0.444. The SMILES string of the molecule is CCNC(=NCCS(=O)(=O)N1CCSCC1)NCCc1cc(F)ccc1F. The maximum absolute atomic E-state index is 13.6. The molecular weight excluding hydrogens is 394 g/mol. The summed E-state index contributed by atoms with van der Waals surface area (Å²) in [6, 6.07) is 3.36. The Balaban J connectivity index is 1.85. The van der Waals surface area contributed by atoms with Gasteiger partial charge in [0.15, 0.2) is 5.96 Å². The summed E-state index contributed by atoms with van der Waals surface area (Å²) >= 11 is 1.76. The molecule has 1 aliphatic heterocycles.